The first-order valence-corrected chi connectivity index (χ1v) is 6.96. The van der Waals surface area contributed by atoms with Crippen LogP contribution in [-0.2, 0) is 4.74 Å². The van der Waals surface area contributed by atoms with Crippen molar-refractivity contribution in [2.24, 2.45) is 5.73 Å². The highest BCUT2D eigenvalue weighted by molar-refractivity contribution is 5.91. The summed E-state index contributed by atoms with van der Waals surface area (Å²) in [5.74, 6) is 1.01. The first-order valence-electron chi connectivity index (χ1n) is 6.96. The molecule has 2 N–H and O–H groups in total. The lowest BCUT2D eigenvalue weighted by atomic mass is 9.97. The Morgan fingerprint density at radius 1 is 1.24 bits per heavy atom. The van der Waals surface area contributed by atoms with Crippen LogP contribution < -0.4 is 5.73 Å². The molecule has 2 aromatic heterocycles. The summed E-state index contributed by atoms with van der Waals surface area (Å²) in [7, 11) is 0. The number of nitrogens with zero attached hydrogens (tertiary/aromatic N) is 2. The van der Waals surface area contributed by atoms with E-state index in [9.17, 15) is 0 Å². The molecule has 1 aliphatic heterocycles. The van der Waals surface area contributed by atoms with Crippen molar-refractivity contribution in [1.82, 2.24) is 10.1 Å². The number of rotatable bonds is 2. The number of fused-ring (bicyclic) bond motifs is 1. The summed E-state index contributed by atoms with van der Waals surface area (Å²) in [4.78, 5) is 4.48. The van der Waals surface area contributed by atoms with E-state index >= 15 is 0 Å². The van der Waals surface area contributed by atoms with Gasteiger partial charge in [0.15, 0.2) is 0 Å². The van der Waals surface area contributed by atoms with Gasteiger partial charge in [-0.1, -0.05) is 23.4 Å². The molecular formula is C15H15N3O3. The summed E-state index contributed by atoms with van der Waals surface area (Å²) in [6.07, 6.45) is 2.45. The van der Waals surface area contributed by atoms with Crippen LogP contribution in [0.15, 0.2) is 39.5 Å². The Morgan fingerprint density at radius 2 is 2.14 bits per heavy atom. The van der Waals surface area contributed by atoms with E-state index in [1.807, 2.05) is 24.3 Å². The van der Waals surface area contributed by atoms with Crippen molar-refractivity contribution >= 4 is 11.0 Å². The number of nitrogens with two attached hydrogens (primary N) is 1. The van der Waals surface area contributed by atoms with Crippen LogP contribution >= 0.6 is 0 Å². The molecule has 6 nitrogen and oxygen atoms in total. The molecule has 1 aliphatic rings. The smallest absolute Gasteiger partial charge is 0.233 e. The van der Waals surface area contributed by atoms with Crippen molar-refractivity contribution in [3.05, 3.63) is 36.4 Å². The normalized spacial score (nSPS) is 22.7. The largest absolute Gasteiger partial charge is 0.464 e. The van der Waals surface area contributed by atoms with E-state index in [-0.39, 0.29) is 12.0 Å². The molecule has 0 aliphatic carbocycles. The molecule has 0 spiro atoms. The summed E-state index contributed by atoms with van der Waals surface area (Å²) in [5.41, 5.74) is 7.73. The lowest BCUT2D eigenvalue weighted by Crippen LogP contribution is -2.37. The van der Waals surface area contributed by atoms with Crippen LogP contribution in [0.3, 0.4) is 0 Å². The minimum Gasteiger partial charge on any atom is -0.464 e. The van der Waals surface area contributed by atoms with Crippen molar-refractivity contribution in [2.75, 3.05) is 13.2 Å². The molecule has 2 atom stereocenters. The molecule has 0 saturated carbocycles. The van der Waals surface area contributed by atoms with E-state index in [1.165, 1.54) is 0 Å². The molecule has 0 bridgehead atoms. The first kappa shape index (κ1) is 12.6. The number of furan rings is 1. The van der Waals surface area contributed by atoms with E-state index < -0.39 is 0 Å². The zero-order valence-electron chi connectivity index (χ0n) is 11.4. The van der Waals surface area contributed by atoms with E-state index in [0.29, 0.717) is 24.9 Å². The quantitative estimate of drug-likeness (QED) is 0.777. The monoisotopic (exact) mass is 285 g/mol. The second kappa shape index (κ2) is 4.98. The van der Waals surface area contributed by atoms with Crippen molar-refractivity contribution < 1.29 is 13.7 Å². The van der Waals surface area contributed by atoms with Crippen LogP contribution in [0.1, 0.15) is 18.2 Å². The third-order valence-corrected chi connectivity index (χ3v) is 3.89. The van der Waals surface area contributed by atoms with Gasteiger partial charge in [0.25, 0.3) is 0 Å². The van der Waals surface area contributed by atoms with Crippen LogP contribution in [0.2, 0.25) is 0 Å². The van der Waals surface area contributed by atoms with Crippen molar-refractivity contribution in [3.8, 4) is 11.4 Å². The topological polar surface area (TPSA) is 87.3 Å². The standard InChI is InChI=1S/C15H15N3O3/c16-12-5-6-19-7-11(12)15-17-14(18-21-15)10-8-20-13-4-2-1-3-9(10)13/h1-4,8,11-12H,5-7,16H2. The van der Waals surface area contributed by atoms with Gasteiger partial charge in [-0.15, -0.1) is 0 Å². The minimum atomic E-state index is -0.0434. The second-order valence-electron chi connectivity index (χ2n) is 5.24. The maximum Gasteiger partial charge on any atom is 0.233 e. The Hall–Kier alpha value is -2.18. The maximum absolute atomic E-state index is 6.10. The van der Waals surface area contributed by atoms with Gasteiger partial charge in [-0.2, -0.15) is 4.98 Å². The van der Waals surface area contributed by atoms with E-state index in [2.05, 4.69) is 10.1 Å². The van der Waals surface area contributed by atoms with Crippen LogP contribution in [0.25, 0.3) is 22.4 Å². The molecule has 3 heterocycles. The van der Waals surface area contributed by atoms with Crippen LogP contribution in [0.5, 0.6) is 0 Å². The SMILES string of the molecule is NC1CCOCC1c1nc(-c2coc3ccccc23)no1. The zero-order valence-corrected chi connectivity index (χ0v) is 11.4. The number of benzene rings is 1. The van der Waals surface area contributed by atoms with Gasteiger partial charge >= 0.3 is 0 Å². The number of para-hydroxylation sites is 1. The number of hydrogen-bond donors (Lipinski definition) is 1. The Morgan fingerprint density at radius 3 is 3.05 bits per heavy atom. The molecule has 1 aromatic carbocycles. The highest BCUT2D eigenvalue weighted by Gasteiger charge is 2.29. The molecule has 1 fully saturated rings. The third kappa shape index (κ3) is 2.12. The summed E-state index contributed by atoms with van der Waals surface area (Å²) in [6, 6.07) is 7.75. The third-order valence-electron chi connectivity index (χ3n) is 3.89. The molecule has 0 radical (unpaired) electrons. The average Bonchev–Trinajstić information content (AvgIpc) is 3.14. The molecular weight excluding hydrogens is 270 g/mol. The second-order valence-corrected chi connectivity index (χ2v) is 5.24. The molecule has 1 saturated heterocycles. The van der Waals surface area contributed by atoms with Gasteiger partial charge in [0, 0.05) is 18.0 Å². The summed E-state index contributed by atoms with van der Waals surface area (Å²) in [6.45, 7) is 1.21. The maximum atomic E-state index is 6.10. The Labute approximate surface area is 120 Å². The fraction of sp³-hybridized carbons (Fsp3) is 0.333. The minimum absolute atomic E-state index is 0.00635. The fourth-order valence-electron chi connectivity index (χ4n) is 2.66. The lowest BCUT2D eigenvalue weighted by Gasteiger charge is -2.25. The van der Waals surface area contributed by atoms with Crippen molar-refractivity contribution in [1.29, 1.82) is 0 Å². The molecule has 0 amide bonds. The fourth-order valence-corrected chi connectivity index (χ4v) is 2.66. The van der Waals surface area contributed by atoms with Crippen LogP contribution in [0.4, 0.5) is 0 Å². The van der Waals surface area contributed by atoms with E-state index in [1.54, 1.807) is 6.26 Å². The van der Waals surface area contributed by atoms with Gasteiger partial charge in [-0.25, -0.2) is 0 Å². The lowest BCUT2D eigenvalue weighted by molar-refractivity contribution is 0.0590. The van der Waals surface area contributed by atoms with Gasteiger partial charge in [0.05, 0.1) is 18.1 Å². The molecule has 108 valence electrons. The molecule has 21 heavy (non-hydrogen) atoms. The average molecular weight is 285 g/mol. The Kier molecular flexibility index (Phi) is 2.98. The number of hydrogen-bond acceptors (Lipinski definition) is 6. The van der Waals surface area contributed by atoms with Gasteiger partial charge in [-0.3, -0.25) is 0 Å². The molecule has 3 aromatic rings. The van der Waals surface area contributed by atoms with E-state index in [0.717, 1.165) is 23.0 Å². The van der Waals surface area contributed by atoms with Crippen molar-refractivity contribution in [3.63, 3.8) is 0 Å². The van der Waals surface area contributed by atoms with Crippen molar-refractivity contribution in [2.45, 2.75) is 18.4 Å². The summed E-state index contributed by atoms with van der Waals surface area (Å²) in [5, 5.41) is 5.03. The van der Waals surface area contributed by atoms with Crippen LogP contribution in [-0.4, -0.2) is 29.4 Å². The predicted molar refractivity (Wildman–Crippen MR) is 75.7 cm³/mol. The van der Waals surface area contributed by atoms with Crippen LogP contribution in [0, 0.1) is 0 Å². The highest BCUT2D eigenvalue weighted by atomic mass is 16.5. The summed E-state index contributed by atoms with van der Waals surface area (Å²) >= 11 is 0. The zero-order chi connectivity index (χ0) is 14.2. The van der Waals surface area contributed by atoms with Gasteiger partial charge < -0.3 is 19.4 Å². The predicted octanol–water partition coefficient (Wildman–Crippen LogP) is 2.31. The highest BCUT2D eigenvalue weighted by Crippen LogP contribution is 2.30. The molecule has 6 heteroatoms. The number of aromatic nitrogens is 2. The van der Waals surface area contributed by atoms with Gasteiger partial charge in [0.2, 0.25) is 11.7 Å². The van der Waals surface area contributed by atoms with Gasteiger partial charge in [0.1, 0.15) is 11.8 Å². The molecule has 2 unspecified atom stereocenters. The first-order chi connectivity index (χ1) is 10.3. The van der Waals surface area contributed by atoms with Gasteiger partial charge in [-0.05, 0) is 12.5 Å². The Balaban J connectivity index is 1.71. The molecule has 4 rings (SSSR count). The van der Waals surface area contributed by atoms with E-state index in [4.69, 9.17) is 19.4 Å². The summed E-state index contributed by atoms with van der Waals surface area (Å²) < 4.78 is 16.3. The Bertz CT molecular complexity index is 764. The number of ether oxygens (including phenoxy) is 1.